The second-order valence-electron chi connectivity index (χ2n) is 3.75. The number of Topliss-reactive ketones (excluding diaryl/α,β-unsaturated/α-hetero) is 1. The summed E-state index contributed by atoms with van der Waals surface area (Å²) in [5.41, 5.74) is 1.87. The lowest BCUT2D eigenvalue weighted by Crippen LogP contribution is -2.07. The highest BCUT2D eigenvalue weighted by atomic mass is 16.1. The number of nitrogens with zero attached hydrogens (tertiary/aromatic N) is 2. The van der Waals surface area contributed by atoms with E-state index in [9.17, 15) is 4.79 Å². The van der Waals surface area contributed by atoms with Crippen molar-refractivity contribution in [2.45, 2.75) is 12.8 Å². The molecule has 0 atom stereocenters. The number of carbonyl (C=O) groups is 1. The molecule has 82 valence electrons. The Morgan fingerprint density at radius 1 is 1.25 bits per heavy atom. The summed E-state index contributed by atoms with van der Waals surface area (Å²) in [7, 11) is 1.79. The molecular weight excluding hydrogens is 200 g/mol. The van der Waals surface area contributed by atoms with Crippen LogP contribution >= 0.6 is 0 Å². The van der Waals surface area contributed by atoms with Crippen LogP contribution in [0.25, 0.3) is 0 Å². The number of aryl methyl sites for hydroxylation is 2. The van der Waals surface area contributed by atoms with Crippen molar-refractivity contribution in [1.82, 2.24) is 9.78 Å². The number of rotatable bonds is 4. The summed E-state index contributed by atoms with van der Waals surface area (Å²) in [4.78, 5) is 11.8. The van der Waals surface area contributed by atoms with Gasteiger partial charge in [-0.15, -0.1) is 0 Å². The molecule has 16 heavy (non-hydrogen) atoms. The molecule has 0 fully saturated rings. The molecule has 1 aromatic carbocycles. The minimum atomic E-state index is 0.142. The average Bonchev–Trinajstić information content (AvgIpc) is 2.74. The molecule has 0 saturated heterocycles. The molecule has 0 unspecified atom stereocenters. The fourth-order valence-corrected chi connectivity index (χ4v) is 1.68. The van der Waals surface area contributed by atoms with Gasteiger partial charge in [0.05, 0.1) is 0 Å². The SMILES string of the molecule is Cn1nccc1C(=O)CCc1ccccc1. The Morgan fingerprint density at radius 3 is 2.62 bits per heavy atom. The largest absolute Gasteiger partial charge is 0.292 e. The van der Waals surface area contributed by atoms with Crippen molar-refractivity contribution in [3.8, 4) is 0 Å². The van der Waals surface area contributed by atoms with E-state index in [0.717, 1.165) is 6.42 Å². The molecule has 3 nitrogen and oxygen atoms in total. The minimum absolute atomic E-state index is 0.142. The first-order valence-corrected chi connectivity index (χ1v) is 5.32. The second-order valence-corrected chi connectivity index (χ2v) is 3.75. The van der Waals surface area contributed by atoms with Gasteiger partial charge in [-0.3, -0.25) is 9.48 Å². The quantitative estimate of drug-likeness (QED) is 0.731. The van der Waals surface area contributed by atoms with E-state index in [1.54, 1.807) is 24.0 Å². The maximum Gasteiger partial charge on any atom is 0.181 e. The normalized spacial score (nSPS) is 10.3. The molecule has 0 aliphatic heterocycles. The van der Waals surface area contributed by atoms with Crippen molar-refractivity contribution >= 4 is 5.78 Å². The third-order valence-corrected chi connectivity index (χ3v) is 2.59. The summed E-state index contributed by atoms with van der Waals surface area (Å²) in [6, 6.07) is 11.8. The number of aromatic nitrogens is 2. The highest BCUT2D eigenvalue weighted by Gasteiger charge is 2.09. The molecular formula is C13H14N2O. The smallest absolute Gasteiger partial charge is 0.181 e. The van der Waals surface area contributed by atoms with E-state index in [1.165, 1.54) is 5.56 Å². The number of ketones is 1. The fraction of sp³-hybridized carbons (Fsp3) is 0.231. The molecule has 0 aliphatic rings. The lowest BCUT2D eigenvalue weighted by molar-refractivity contribution is 0.0974. The molecule has 1 aromatic heterocycles. The Bertz CT molecular complexity index is 474. The molecule has 0 amide bonds. The van der Waals surface area contributed by atoms with Gasteiger partial charge in [-0.1, -0.05) is 30.3 Å². The fourth-order valence-electron chi connectivity index (χ4n) is 1.68. The molecule has 1 heterocycles. The van der Waals surface area contributed by atoms with Crippen LogP contribution in [0.4, 0.5) is 0 Å². The third kappa shape index (κ3) is 2.37. The van der Waals surface area contributed by atoms with E-state index >= 15 is 0 Å². The van der Waals surface area contributed by atoms with Crippen LogP contribution < -0.4 is 0 Å². The summed E-state index contributed by atoms with van der Waals surface area (Å²) >= 11 is 0. The summed E-state index contributed by atoms with van der Waals surface area (Å²) in [5.74, 6) is 0.142. The number of hydrogen-bond donors (Lipinski definition) is 0. The van der Waals surface area contributed by atoms with Crippen LogP contribution in [-0.2, 0) is 13.5 Å². The molecule has 0 bridgehead atoms. The zero-order valence-corrected chi connectivity index (χ0v) is 9.26. The number of benzene rings is 1. The molecule has 0 N–H and O–H groups in total. The Hall–Kier alpha value is -1.90. The Morgan fingerprint density at radius 2 is 2.00 bits per heavy atom. The molecule has 0 aliphatic carbocycles. The predicted molar refractivity (Wildman–Crippen MR) is 62.3 cm³/mol. The van der Waals surface area contributed by atoms with E-state index in [2.05, 4.69) is 5.10 Å². The van der Waals surface area contributed by atoms with Crippen LogP contribution in [-0.4, -0.2) is 15.6 Å². The van der Waals surface area contributed by atoms with Gasteiger partial charge in [-0.25, -0.2) is 0 Å². The highest BCUT2D eigenvalue weighted by Crippen LogP contribution is 2.07. The lowest BCUT2D eigenvalue weighted by Gasteiger charge is -2.01. The van der Waals surface area contributed by atoms with Crippen molar-refractivity contribution in [3.63, 3.8) is 0 Å². The van der Waals surface area contributed by atoms with Gasteiger partial charge in [-0.05, 0) is 18.1 Å². The summed E-state index contributed by atoms with van der Waals surface area (Å²) in [6.45, 7) is 0. The van der Waals surface area contributed by atoms with Crippen molar-refractivity contribution in [2.24, 2.45) is 7.05 Å². The van der Waals surface area contributed by atoms with Gasteiger partial charge in [0, 0.05) is 19.7 Å². The maximum atomic E-state index is 11.8. The van der Waals surface area contributed by atoms with Crippen molar-refractivity contribution in [1.29, 1.82) is 0 Å². The van der Waals surface area contributed by atoms with Crippen molar-refractivity contribution in [3.05, 3.63) is 53.9 Å². The van der Waals surface area contributed by atoms with Gasteiger partial charge in [0.15, 0.2) is 5.78 Å². The summed E-state index contributed by atoms with van der Waals surface area (Å²) in [6.07, 6.45) is 2.96. The molecule has 3 heteroatoms. The number of hydrogen-bond acceptors (Lipinski definition) is 2. The first-order valence-electron chi connectivity index (χ1n) is 5.32. The van der Waals surface area contributed by atoms with E-state index in [4.69, 9.17) is 0 Å². The predicted octanol–water partition coefficient (Wildman–Crippen LogP) is 2.24. The Kier molecular flexibility index (Phi) is 3.15. The minimum Gasteiger partial charge on any atom is -0.292 e. The lowest BCUT2D eigenvalue weighted by atomic mass is 10.1. The topological polar surface area (TPSA) is 34.9 Å². The van der Waals surface area contributed by atoms with E-state index in [1.807, 2.05) is 30.3 Å². The van der Waals surface area contributed by atoms with Gasteiger partial charge in [-0.2, -0.15) is 5.10 Å². The van der Waals surface area contributed by atoms with Crippen LogP contribution in [0.15, 0.2) is 42.6 Å². The van der Waals surface area contributed by atoms with Crippen LogP contribution in [0.3, 0.4) is 0 Å². The zero-order valence-electron chi connectivity index (χ0n) is 9.26. The van der Waals surface area contributed by atoms with Gasteiger partial charge < -0.3 is 0 Å². The first kappa shape index (κ1) is 10.6. The van der Waals surface area contributed by atoms with Crippen LogP contribution in [0, 0.1) is 0 Å². The first-order chi connectivity index (χ1) is 7.77. The van der Waals surface area contributed by atoms with Crippen LogP contribution in [0.1, 0.15) is 22.5 Å². The summed E-state index contributed by atoms with van der Waals surface area (Å²) < 4.78 is 1.62. The highest BCUT2D eigenvalue weighted by molar-refractivity contribution is 5.94. The Balaban J connectivity index is 1.97. The van der Waals surface area contributed by atoms with E-state index < -0.39 is 0 Å². The summed E-state index contributed by atoms with van der Waals surface area (Å²) in [5, 5.41) is 3.99. The zero-order chi connectivity index (χ0) is 11.4. The standard InChI is InChI=1S/C13H14N2O/c1-15-12(9-10-14-15)13(16)8-7-11-5-3-2-4-6-11/h2-6,9-10H,7-8H2,1H3. The molecule has 0 radical (unpaired) electrons. The third-order valence-electron chi connectivity index (χ3n) is 2.59. The van der Waals surface area contributed by atoms with Gasteiger partial charge in [0.1, 0.15) is 5.69 Å². The second kappa shape index (κ2) is 4.75. The number of carbonyl (C=O) groups excluding carboxylic acids is 1. The molecule has 2 rings (SSSR count). The molecule has 0 spiro atoms. The van der Waals surface area contributed by atoms with Gasteiger partial charge >= 0.3 is 0 Å². The van der Waals surface area contributed by atoms with Crippen LogP contribution in [0.2, 0.25) is 0 Å². The van der Waals surface area contributed by atoms with Crippen molar-refractivity contribution in [2.75, 3.05) is 0 Å². The maximum absolute atomic E-state index is 11.8. The van der Waals surface area contributed by atoms with Crippen molar-refractivity contribution < 1.29 is 4.79 Å². The van der Waals surface area contributed by atoms with Gasteiger partial charge in [0.2, 0.25) is 0 Å². The average molecular weight is 214 g/mol. The Labute approximate surface area is 94.7 Å². The molecule has 2 aromatic rings. The van der Waals surface area contributed by atoms with E-state index in [-0.39, 0.29) is 5.78 Å². The molecule has 0 saturated carbocycles. The monoisotopic (exact) mass is 214 g/mol. The van der Waals surface area contributed by atoms with E-state index in [0.29, 0.717) is 12.1 Å². The van der Waals surface area contributed by atoms with Crippen LogP contribution in [0.5, 0.6) is 0 Å². The van der Waals surface area contributed by atoms with Gasteiger partial charge in [0.25, 0.3) is 0 Å².